The van der Waals surface area contributed by atoms with Crippen LogP contribution in [-0.2, 0) is 4.74 Å². The first-order valence-electron chi connectivity index (χ1n) is 4.84. The molecule has 0 spiro atoms. The number of fused-ring (bicyclic) bond motifs is 1. The van der Waals surface area contributed by atoms with Crippen LogP contribution in [0.15, 0.2) is 17.6 Å². The van der Waals surface area contributed by atoms with E-state index < -0.39 is 0 Å². The second-order valence-electron chi connectivity index (χ2n) is 3.10. The Labute approximate surface area is 96.8 Å². The van der Waals surface area contributed by atoms with Crippen LogP contribution in [0.1, 0.15) is 17.3 Å². The molecule has 0 unspecified atom stereocenters. The van der Waals surface area contributed by atoms with E-state index in [2.05, 4.69) is 4.98 Å². The molecule has 2 aromatic rings. The fourth-order valence-electron chi connectivity index (χ4n) is 1.36. The molecule has 16 heavy (non-hydrogen) atoms. The summed E-state index contributed by atoms with van der Waals surface area (Å²) in [5.74, 6) is 0.389. The van der Waals surface area contributed by atoms with E-state index in [0.29, 0.717) is 12.2 Å². The molecule has 84 valence electrons. The number of carbonyl (C=O) groups is 1. The molecule has 0 radical (unpaired) electrons. The van der Waals surface area contributed by atoms with Gasteiger partial charge in [-0.15, -0.1) is 11.3 Å². The normalized spacial score (nSPS) is 10.4. The Balaban J connectivity index is 2.41. The summed E-state index contributed by atoms with van der Waals surface area (Å²) in [6.45, 7) is 2.14. The van der Waals surface area contributed by atoms with Gasteiger partial charge in [0.15, 0.2) is 5.75 Å². The maximum atomic E-state index is 11.5. The Kier molecular flexibility index (Phi) is 3.05. The smallest absolute Gasteiger partial charge is 0.339 e. The van der Waals surface area contributed by atoms with Crippen LogP contribution >= 0.6 is 11.3 Å². The number of rotatable bonds is 3. The lowest BCUT2D eigenvalue weighted by molar-refractivity contribution is 0.0526. The first-order chi connectivity index (χ1) is 7.76. The van der Waals surface area contributed by atoms with Gasteiger partial charge in [-0.05, 0) is 13.0 Å². The van der Waals surface area contributed by atoms with Gasteiger partial charge in [-0.2, -0.15) is 0 Å². The summed E-state index contributed by atoms with van der Waals surface area (Å²) in [7, 11) is 1.60. The van der Waals surface area contributed by atoms with E-state index in [9.17, 15) is 4.79 Å². The van der Waals surface area contributed by atoms with Crippen LogP contribution in [0.3, 0.4) is 0 Å². The molecule has 0 aliphatic carbocycles. The molecule has 0 aliphatic rings. The van der Waals surface area contributed by atoms with Crippen molar-refractivity contribution in [3.8, 4) is 5.75 Å². The maximum absolute atomic E-state index is 11.5. The first-order valence-corrected chi connectivity index (χ1v) is 5.72. The summed E-state index contributed by atoms with van der Waals surface area (Å²) >= 11 is 1.49. The van der Waals surface area contributed by atoms with Crippen LogP contribution < -0.4 is 4.74 Å². The van der Waals surface area contributed by atoms with Crippen LogP contribution in [0.5, 0.6) is 5.75 Å². The van der Waals surface area contributed by atoms with Gasteiger partial charge in [-0.3, -0.25) is 4.98 Å². The van der Waals surface area contributed by atoms with E-state index in [1.165, 1.54) is 17.5 Å². The van der Waals surface area contributed by atoms with E-state index >= 15 is 0 Å². The van der Waals surface area contributed by atoms with Crippen molar-refractivity contribution >= 4 is 27.5 Å². The van der Waals surface area contributed by atoms with Gasteiger partial charge in [0.25, 0.3) is 0 Å². The molecule has 0 amide bonds. The molecule has 0 saturated carbocycles. The number of thiophene rings is 1. The Morgan fingerprint density at radius 3 is 3.06 bits per heavy atom. The summed E-state index contributed by atoms with van der Waals surface area (Å²) in [5.41, 5.74) is 1.25. The summed E-state index contributed by atoms with van der Waals surface area (Å²) in [5, 5.41) is 1.87. The molecule has 0 N–H and O–H groups in total. The molecule has 0 aromatic carbocycles. The minimum atomic E-state index is -0.343. The van der Waals surface area contributed by atoms with Gasteiger partial charge in [0.05, 0.1) is 24.0 Å². The molecular weight excluding hydrogens is 226 g/mol. The highest BCUT2D eigenvalue weighted by Gasteiger charge is 2.11. The lowest BCUT2D eigenvalue weighted by Crippen LogP contribution is -2.04. The molecule has 2 heterocycles. The zero-order chi connectivity index (χ0) is 11.5. The lowest BCUT2D eigenvalue weighted by atomic mass is 10.2. The Hall–Kier alpha value is -1.62. The fourth-order valence-corrected chi connectivity index (χ4v) is 2.26. The van der Waals surface area contributed by atoms with Crippen molar-refractivity contribution in [1.29, 1.82) is 0 Å². The Morgan fingerprint density at radius 2 is 2.38 bits per heavy atom. The van der Waals surface area contributed by atoms with E-state index in [-0.39, 0.29) is 5.97 Å². The number of methoxy groups -OCH3 is 1. The third-order valence-corrected chi connectivity index (χ3v) is 3.01. The first kappa shape index (κ1) is 10.9. The molecular formula is C11H11NO3S. The number of carbonyl (C=O) groups excluding carboxylic acids is 1. The average molecular weight is 237 g/mol. The van der Waals surface area contributed by atoms with Gasteiger partial charge in [0, 0.05) is 11.6 Å². The number of pyridine rings is 1. The third kappa shape index (κ3) is 1.86. The average Bonchev–Trinajstić information content (AvgIpc) is 2.71. The Bertz CT molecular complexity index is 521. The highest BCUT2D eigenvalue weighted by atomic mass is 32.1. The van der Waals surface area contributed by atoms with Gasteiger partial charge < -0.3 is 9.47 Å². The van der Waals surface area contributed by atoms with Crippen molar-refractivity contribution in [3.63, 3.8) is 0 Å². The van der Waals surface area contributed by atoms with Gasteiger partial charge in [-0.1, -0.05) is 0 Å². The van der Waals surface area contributed by atoms with Crippen LogP contribution in [0.25, 0.3) is 10.2 Å². The molecule has 0 saturated heterocycles. The van der Waals surface area contributed by atoms with E-state index in [1.54, 1.807) is 20.1 Å². The second kappa shape index (κ2) is 4.49. The van der Waals surface area contributed by atoms with Crippen LogP contribution in [0.2, 0.25) is 0 Å². The van der Waals surface area contributed by atoms with Crippen molar-refractivity contribution in [2.45, 2.75) is 6.92 Å². The van der Waals surface area contributed by atoms with Gasteiger partial charge >= 0.3 is 5.97 Å². The predicted molar refractivity (Wildman–Crippen MR) is 62.1 cm³/mol. The molecule has 2 aromatic heterocycles. The standard InChI is InChI=1S/C11H11NO3S/c1-3-15-11(13)7-4-9-10(12-5-7)8(14-2)6-16-9/h4-6H,3H2,1-2H3. The largest absolute Gasteiger partial charge is 0.494 e. The van der Waals surface area contributed by atoms with Crippen molar-refractivity contribution in [2.24, 2.45) is 0 Å². The van der Waals surface area contributed by atoms with Crippen molar-refractivity contribution in [3.05, 3.63) is 23.2 Å². The number of aromatic nitrogens is 1. The maximum Gasteiger partial charge on any atom is 0.339 e. The van der Waals surface area contributed by atoms with E-state index in [4.69, 9.17) is 9.47 Å². The summed E-state index contributed by atoms with van der Waals surface area (Å²) in [4.78, 5) is 15.7. The van der Waals surface area contributed by atoms with Crippen molar-refractivity contribution in [1.82, 2.24) is 4.98 Å². The molecule has 0 aliphatic heterocycles. The fraction of sp³-hybridized carbons (Fsp3) is 0.273. The van der Waals surface area contributed by atoms with E-state index in [1.807, 2.05) is 5.38 Å². The molecule has 2 rings (SSSR count). The predicted octanol–water partition coefficient (Wildman–Crippen LogP) is 2.48. The summed E-state index contributed by atoms with van der Waals surface area (Å²) < 4.78 is 11.0. The van der Waals surface area contributed by atoms with Gasteiger partial charge in [0.2, 0.25) is 0 Å². The zero-order valence-corrected chi connectivity index (χ0v) is 9.84. The van der Waals surface area contributed by atoms with E-state index in [0.717, 1.165) is 16.0 Å². The summed E-state index contributed by atoms with van der Waals surface area (Å²) in [6.07, 6.45) is 1.51. The minimum absolute atomic E-state index is 0.343. The topological polar surface area (TPSA) is 48.4 Å². The highest BCUT2D eigenvalue weighted by Crippen LogP contribution is 2.30. The van der Waals surface area contributed by atoms with Crippen LogP contribution in [-0.4, -0.2) is 24.7 Å². The summed E-state index contributed by atoms with van der Waals surface area (Å²) in [6, 6.07) is 1.77. The number of esters is 1. The quantitative estimate of drug-likeness (QED) is 0.769. The number of nitrogens with zero attached hydrogens (tertiary/aromatic N) is 1. The zero-order valence-electron chi connectivity index (χ0n) is 9.02. The van der Waals surface area contributed by atoms with Gasteiger partial charge in [-0.25, -0.2) is 4.79 Å². The van der Waals surface area contributed by atoms with Crippen molar-refractivity contribution in [2.75, 3.05) is 13.7 Å². The molecule has 0 fully saturated rings. The number of hydrogen-bond acceptors (Lipinski definition) is 5. The molecule has 5 heteroatoms. The highest BCUT2D eigenvalue weighted by molar-refractivity contribution is 7.17. The van der Waals surface area contributed by atoms with Crippen LogP contribution in [0, 0.1) is 0 Å². The third-order valence-electron chi connectivity index (χ3n) is 2.11. The molecule has 0 atom stereocenters. The monoisotopic (exact) mass is 237 g/mol. The number of ether oxygens (including phenoxy) is 2. The number of hydrogen-bond donors (Lipinski definition) is 0. The Morgan fingerprint density at radius 1 is 1.56 bits per heavy atom. The molecule has 4 nitrogen and oxygen atoms in total. The van der Waals surface area contributed by atoms with Crippen LogP contribution in [0.4, 0.5) is 0 Å². The second-order valence-corrected chi connectivity index (χ2v) is 4.01. The van der Waals surface area contributed by atoms with Gasteiger partial charge in [0.1, 0.15) is 5.52 Å². The lowest BCUT2D eigenvalue weighted by Gasteiger charge is -2.01. The molecule has 0 bridgehead atoms. The van der Waals surface area contributed by atoms with Crippen molar-refractivity contribution < 1.29 is 14.3 Å². The minimum Gasteiger partial charge on any atom is -0.494 e. The SMILES string of the molecule is CCOC(=O)c1cnc2c(OC)csc2c1.